The van der Waals surface area contributed by atoms with E-state index in [2.05, 4.69) is 12.1 Å². The van der Waals surface area contributed by atoms with E-state index in [1.54, 1.807) is 4.90 Å². The van der Waals surface area contributed by atoms with Crippen LogP contribution < -0.4 is 0 Å². The normalized spacial score (nSPS) is 23.5. The second-order valence-electron chi connectivity index (χ2n) is 7.73. The van der Waals surface area contributed by atoms with Gasteiger partial charge >= 0.3 is 6.09 Å². The van der Waals surface area contributed by atoms with Gasteiger partial charge in [0.15, 0.2) is 0 Å². The van der Waals surface area contributed by atoms with Gasteiger partial charge < -0.3 is 9.64 Å². The Hall–Kier alpha value is -2.04. The molecule has 2 aliphatic heterocycles. The number of carbonyl (C=O) groups excluding carboxylic acids is 2. The van der Waals surface area contributed by atoms with Crippen molar-refractivity contribution in [2.75, 3.05) is 19.6 Å². The Balaban J connectivity index is 1.61. The summed E-state index contributed by atoms with van der Waals surface area (Å²) in [5.41, 5.74) is 0.0290. The summed E-state index contributed by atoms with van der Waals surface area (Å²) >= 11 is 0. The van der Waals surface area contributed by atoms with Gasteiger partial charge in [-0.25, -0.2) is 4.79 Å². The van der Waals surface area contributed by atoms with Gasteiger partial charge in [0.25, 0.3) is 5.91 Å². The van der Waals surface area contributed by atoms with Gasteiger partial charge in [-0.15, -0.1) is 0 Å². The Morgan fingerprint density at radius 1 is 1.25 bits per heavy atom. The van der Waals surface area contributed by atoms with Crippen molar-refractivity contribution in [3.63, 3.8) is 0 Å². The molecule has 2 amide bonds. The minimum Gasteiger partial charge on any atom is -0.444 e. The maximum atomic E-state index is 12.8. The van der Waals surface area contributed by atoms with Crippen molar-refractivity contribution in [2.45, 2.75) is 51.2 Å². The molecule has 1 aromatic rings. The van der Waals surface area contributed by atoms with Gasteiger partial charge in [-0.1, -0.05) is 30.3 Å². The molecule has 24 heavy (non-hydrogen) atoms. The Bertz CT molecular complexity index is 623. The first-order valence-electron chi connectivity index (χ1n) is 8.66. The average Bonchev–Trinajstić information content (AvgIpc) is 2.97. The van der Waals surface area contributed by atoms with Crippen LogP contribution in [0.15, 0.2) is 30.3 Å². The molecule has 130 valence electrons. The fourth-order valence-corrected chi connectivity index (χ4v) is 3.60. The highest BCUT2D eigenvalue weighted by atomic mass is 16.6. The molecule has 2 aliphatic rings. The number of carbonyl (C=O) groups is 2. The summed E-state index contributed by atoms with van der Waals surface area (Å²) in [5.74, 6) is 0.0711. The third kappa shape index (κ3) is 3.12. The van der Waals surface area contributed by atoms with Gasteiger partial charge in [0.05, 0.1) is 6.54 Å². The fourth-order valence-electron chi connectivity index (χ4n) is 3.60. The number of β-lactam (4-membered cyclic amide) rings is 1. The summed E-state index contributed by atoms with van der Waals surface area (Å²) in [6.07, 6.45) is 2.08. The first-order valence-corrected chi connectivity index (χ1v) is 8.66. The van der Waals surface area contributed by atoms with E-state index < -0.39 is 11.1 Å². The highest BCUT2D eigenvalue weighted by Crippen LogP contribution is 2.39. The summed E-state index contributed by atoms with van der Waals surface area (Å²) in [5, 5.41) is 0. The van der Waals surface area contributed by atoms with E-state index in [1.165, 1.54) is 5.56 Å². The minimum atomic E-state index is -0.654. The zero-order valence-corrected chi connectivity index (χ0v) is 14.7. The number of hydrogen-bond donors (Lipinski definition) is 0. The number of ether oxygens (including phenoxy) is 1. The number of amides is 2. The summed E-state index contributed by atoms with van der Waals surface area (Å²) in [6.45, 7) is 7.48. The van der Waals surface area contributed by atoms with Gasteiger partial charge in [-0.3, -0.25) is 9.69 Å². The largest absolute Gasteiger partial charge is 0.444 e. The lowest BCUT2D eigenvalue weighted by atomic mass is 9.85. The first-order chi connectivity index (χ1) is 11.3. The smallest absolute Gasteiger partial charge is 0.411 e. The maximum absolute atomic E-state index is 12.8. The van der Waals surface area contributed by atoms with Crippen LogP contribution in [0.3, 0.4) is 0 Å². The molecule has 2 fully saturated rings. The summed E-state index contributed by atoms with van der Waals surface area (Å²) < 4.78 is 5.48. The second kappa shape index (κ2) is 6.11. The molecule has 1 spiro atoms. The molecule has 2 saturated heterocycles. The van der Waals surface area contributed by atoms with E-state index in [4.69, 9.17) is 4.74 Å². The molecule has 0 N–H and O–H groups in total. The standard InChI is InChI=1S/C19H26N2O3/c1-18(2,3)24-17(23)21-12-7-11-19(21)14-20(16(19)22)13-10-15-8-5-4-6-9-15/h4-6,8-9H,7,10-14H2,1-3H3. The van der Waals surface area contributed by atoms with Crippen LogP contribution >= 0.6 is 0 Å². The van der Waals surface area contributed by atoms with Crippen molar-refractivity contribution in [2.24, 2.45) is 0 Å². The number of nitrogens with zero attached hydrogens (tertiary/aromatic N) is 2. The van der Waals surface area contributed by atoms with E-state index in [-0.39, 0.29) is 12.0 Å². The lowest BCUT2D eigenvalue weighted by Crippen LogP contribution is -2.73. The predicted octanol–water partition coefficient (Wildman–Crippen LogP) is 2.84. The third-order valence-electron chi connectivity index (χ3n) is 4.75. The summed E-state index contributed by atoms with van der Waals surface area (Å²) in [4.78, 5) is 28.7. The Kier molecular flexibility index (Phi) is 4.28. The van der Waals surface area contributed by atoms with Gasteiger partial charge in [0.2, 0.25) is 0 Å². The number of rotatable bonds is 3. The Morgan fingerprint density at radius 2 is 1.96 bits per heavy atom. The van der Waals surface area contributed by atoms with Gasteiger partial charge in [-0.2, -0.15) is 0 Å². The van der Waals surface area contributed by atoms with Crippen LogP contribution in [0.25, 0.3) is 0 Å². The highest BCUT2D eigenvalue weighted by molar-refractivity contribution is 5.96. The monoisotopic (exact) mass is 330 g/mol. The van der Waals surface area contributed by atoms with Crippen molar-refractivity contribution in [1.82, 2.24) is 9.80 Å². The predicted molar refractivity (Wildman–Crippen MR) is 91.6 cm³/mol. The number of hydrogen-bond acceptors (Lipinski definition) is 3. The lowest BCUT2D eigenvalue weighted by molar-refractivity contribution is -0.160. The molecule has 0 radical (unpaired) electrons. The molecule has 0 saturated carbocycles. The van der Waals surface area contributed by atoms with Crippen molar-refractivity contribution in [1.29, 1.82) is 0 Å². The van der Waals surface area contributed by atoms with Crippen LogP contribution in [0.1, 0.15) is 39.2 Å². The van der Waals surface area contributed by atoms with Gasteiger partial charge in [-0.05, 0) is 45.6 Å². The van der Waals surface area contributed by atoms with Crippen LogP contribution in [0.4, 0.5) is 4.79 Å². The van der Waals surface area contributed by atoms with Crippen LogP contribution in [0.2, 0.25) is 0 Å². The number of likely N-dealkylation sites (tertiary alicyclic amines) is 2. The molecule has 0 aromatic heterocycles. The van der Waals surface area contributed by atoms with E-state index in [0.29, 0.717) is 19.6 Å². The minimum absolute atomic E-state index is 0.0711. The molecule has 0 bridgehead atoms. The SMILES string of the molecule is CC(C)(C)OC(=O)N1CCCC12CN(CCc1ccccc1)C2=O. The van der Waals surface area contributed by atoms with Crippen molar-refractivity contribution in [3.8, 4) is 0 Å². The van der Waals surface area contributed by atoms with Crippen LogP contribution in [-0.2, 0) is 16.0 Å². The molecular weight excluding hydrogens is 304 g/mol. The summed E-state index contributed by atoms with van der Waals surface area (Å²) in [6, 6.07) is 10.2. The van der Waals surface area contributed by atoms with Crippen LogP contribution in [-0.4, -0.2) is 52.6 Å². The van der Waals surface area contributed by atoms with E-state index in [9.17, 15) is 9.59 Å². The molecule has 1 atom stereocenters. The van der Waals surface area contributed by atoms with Crippen molar-refractivity contribution >= 4 is 12.0 Å². The molecule has 1 unspecified atom stereocenters. The topological polar surface area (TPSA) is 49.9 Å². The third-order valence-corrected chi connectivity index (χ3v) is 4.75. The lowest BCUT2D eigenvalue weighted by Gasteiger charge is -2.51. The number of benzene rings is 1. The Morgan fingerprint density at radius 3 is 2.58 bits per heavy atom. The molecule has 5 heteroatoms. The van der Waals surface area contributed by atoms with E-state index >= 15 is 0 Å². The maximum Gasteiger partial charge on any atom is 0.411 e. The zero-order valence-electron chi connectivity index (χ0n) is 14.7. The molecule has 1 aromatic carbocycles. The van der Waals surface area contributed by atoms with E-state index in [1.807, 2.05) is 43.9 Å². The van der Waals surface area contributed by atoms with Crippen LogP contribution in [0.5, 0.6) is 0 Å². The summed E-state index contributed by atoms with van der Waals surface area (Å²) in [7, 11) is 0. The average molecular weight is 330 g/mol. The quantitative estimate of drug-likeness (QED) is 0.801. The fraction of sp³-hybridized carbons (Fsp3) is 0.579. The molecular formula is C19H26N2O3. The van der Waals surface area contributed by atoms with Crippen molar-refractivity contribution < 1.29 is 14.3 Å². The molecule has 2 heterocycles. The molecule has 5 nitrogen and oxygen atoms in total. The van der Waals surface area contributed by atoms with Crippen LogP contribution in [0, 0.1) is 0 Å². The zero-order chi connectivity index (χ0) is 17.4. The van der Waals surface area contributed by atoms with Gasteiger partial charge in [0.1, 0.15) is 11.1 Å². The van der Waals surface area contributed by atoms with Gasteiger partial charge in [0, 0.05) is 13.1 Å². The van der Waals surface area contributed by atoms with E-state index in [0.717, 1.165) is 19.3 Å². The first kappa shape index (κ1) is 16.8. The highest BCUT2D eigenvalue weighted by Gasteiger charge is 2.60. The molecule has 0 aliphatic carbocycles. The molecule has 3 rings (SSSR count). The second-order valence-corrected chi connectivity index (χ2v) is 7.73. The Labute approximate surface area is 143 Å². The van der Waals surface area contributed by atoms with Crippen molar-refractivity contribution in [3.05, 3.63) is 35.9 Å².